The monoisotopic (exact) mass is 634 g/mol. The average Bonchev–Trinajstić information content (AvgIpc) is 3.02. The number of fused-ring (bicyclic) bond motifs is 2. The molecule has 1 aliphatic rings. The van der Waals surface area contributed by atoms with Crippen molar-refractivity contribution in [3.63, 3.8) is 0 Å². The SMILES string of the molecule is C[C@H]1CN([C@@H](C)CO)C(=O)c2cc(NS(=O)(=O)c3ccc(F)cc3)ccc2O[C@@H]1CN(C)C(=O)Nc1cccc2ccccc12. The predicted octanol–water partition coefficient (Wildman–Crippen LogP) is 5.16. The van der Waals surface area contributed by atoms with Gasteiger partial charge in [0.1, 0.15) is 17.7 Å². The topological polar surface area (TPSA) is 128 Å². The molecule has 3 N–H and O–H groups in total. The Kier molecular flexibility index (Phi) is 9.26. The van der Waals surface area contributed by atoms with Gasteiger partial charge in [-0.1, -0.05) is 43.3 Å². The molecule has 0 saturated heterocycles. The Hall–Kier alpha value is -4.68. The minimum absolute atomic E-state index is 0.0920. The summed E-state index contributed by atoms with van der Waals surface area (Å²) < 4.78 is 48.1. The number of amides is 3. The number of aliphatic hydroxyl groups is 1. The van der Waals surface area contributed by atoms with Crippen LogP contribution in [0.1, 0.15) is 24.2 Å². The van der Waals surface area contributed by atoms with E-state index in [1.807, 2.05) is 49.4 Å². The largest absolute Gasteiger partial charge is 0.487 e. The summed E-state index contributed by atoms with van der Waals surface area (Å²) in [6.07, 6.45) is -0.560. The van der Waals surface area contributed by atoms with Crippen molar-refractivity contribution in [3.8, 4) is 5.75 Å². The second-order valence-electron chi connectivity index (χ2n) is 11.2. The zero-order chi connectivity index (χ0) is 32.3. The molecule has 0 unspecified atom stereocenters. The highest BCUT2D eigenvalue weighted by molar-refractivity contribution is 7.92. The molecule has 1 heterocycles. The summed E-state index contributed by atoms with van der Waals surface area (Å²) in [6.45, 7) is 3.72. The van der Waals surface area contributed by atoms with Crippen molar-refractivity contribution in [1.29, 1.82) is 0 Å². The number of rotatable bonds is 8. The van der Waals surface area contributed by atoms with E-state index in [0.29, 0.717) is 5.69 Å². The van der Waals surface area contributed by atoms with Gasteiger partial charge in [-0.05, 0) is 60.8 Å². The molecule has 5 rings (SSSR count). The molecule has 1 aliphatic heterocycles. The van der Waals surface area contributed by atoms with Crippen molar-refractivity contribution in [2.45, 2.75) is 30.9 Å². The molecule has 0 spiro atoms. The Labute approximate surface area is 261 Å². The first-order valence-corrected chi connectivity index (χ1v) is 16.0. The van der Waals surface area contributed by atoms with Crippen molar-refractivity contribution in [3.05, 3.63) is 96.3 Å². The first-order valence-electron chi connectivity index (χ1n) is 14.5. The third-order valence-corrected chi connectivity index (χ3v) is 9.27. The van der Waals surface area contributed by atoms with Crippen LogP contribution in [-0.4, -0.2) is 74.2 Å². The molecule has 0 aromatic heterocycles. The normalized spacial score (nSPS) is 17.4. The molecule has 3 atom stereocenters. The summed E-state index contributed by atoms with van der Waals surface area (Å²) in [5, 5.41) is 14.8. The summed E-state index contributed by atoms with van der Waals surface area (Å²) >= 11 is 0. The molecule has 45 heavy (non-hydrogen) atoms. The van der Waals surface area contributed by atoms with Crippen LogP contribution in [0.3, 0.4) is 0 Å². The number of urea groups is 1. The van der Waals surface area contributed by atoms with Gasteiger partial charge in [0.05, 0.1) is 35.3 Å². The highest BCUT2D eigenvalue weighted by Crippen LogP contribution is 2.32. The van der Waals surface area contributed by atoms with E-state index in [0.717, 1.165) is 35.0 Å². The van der Waals surface area contributed by atoms with Crippen LogP contribution >= 0.6 is 0 Å². The van der Waals surface area contributed by atoms with Crippen LogP contribution in [0.4, 0.5) is 20.6 Å². The van der Waals surface area contributed by atoms with Crippen LogP contribution in [-0.2, 0) is 10.0 Å². The zero-order valence-corrected chi connectivity index (χ0v) is 25.9. The van der Waals surface area contributed by atoms with Crippen molar-refractivity contribution >= 4 is 44.1 Å². The molecule has 10 nitrogen and oxygen atoms in total. The molecule has 0 bridgehead atoms. The van der Waals surface area contributed by atoms with Gasteiger partial charge in [0.2, 0.25) is 0 Å². The summed E-state index contributed by atoms with van der Waals surface area (Å²) in [7, 11) is -2.43. The smallest absolute Gasteiger partial charge is 0.321 e. The van der Waals surface area contributed by atoms with Crippen LogP contribution in [0.5, 0.6) is 5.75 Å². The number of hydrogen-bond acceptors (Lipinski definition) is 6. The summed E-state index contributed by atoms with van der Waals surface area (Å²) in [4.78, 5) is 29.9. The maximum absolute atomic E-state index is 13.7. The Morgan fingerprint density at radius 3 is 2.53 bits per heavy atom. The predicted molar refractivity (Wildman–Crippen MR) is 170 cm³/mol. The Bertz CT molecular complexity index is 1810. The summed E-state index contributed by atoms with van der Waals surface area (Å²) in [5.41, 5.74) is 0.865. The minimum atomic E-state index is -4.08. The zero-order valence-electron chi connectivity index (χ0n) is 25.1. The quantitative estimate of drug-likeness (QED) is 0.246. The van der Waals surface area contributed by atoms with Gasteiger partial charge < -0.3 is 25.0 Å². The number of likely N-dealkylation sites (N-methyl/N-ethyl adjacent to an activating group) is 1. The van der Waals surface area contributed by atoms with Crippen LogP contribution < -0.4 is 14.8 Å². The Morgan fingerprint density at radius 2 is 1.80 bits per heavy atom. The maximum Gasteiger partial charge on any atom is 0.321 e. The molecule has 0 fully saturated rings. The number of nitrogens with zero attached hydrogens (tertiary/aromatic N) is 2. The number of ether oxygens (including phenoxy) is 1. The van der Waals surface area contributed by atoms with E-state index in [1.165, 1.54) is 28.0 Å². The second-order valence-corrected chi connectivity index (χ2v) is 12.9. The molecule has 0 aliphatic carbocycles. The summed E-state index contributed by atoms with van der Waals surface area (Å²) in [6, 6.07) is 21.2. The maximum atomic E-state index is 13.7. The lowest BCUT2D eigenvalue weighted by Crippen LogP contribution is -2.50. The highest BCUT2D eigenvalue weighted by atomic mass is 32.2. The van der Waals surface area contributed by atoms with Crippen LogP contribution in [0.2, 0.25) is 0 Å². The van der Waals surface area contributed by atoms with Gasteiger partial charge in [-0.3, -0.25) is 9.52 Å². The number of carbonyl (C=O) groups is 2. The van der Waals surface area contributed by atoms with Gasteiger partial charge in [0.15, 0.2) is 0 Å². The number of hydrogen-bond donors (Lipinski definition) is 3. The number of benzene rings is 4. The number of nitrogens with one attached hydrogen (secondary N) is 2. The number of aliphatic hydroxyl groups excluding tert-OH is 1. The van der Waals surface area contributed by atoms with Crippen molar-refractivity contribution in [2.24, 2.45) is 5.92 Å². The van der Waals surface area contributed by atoms with E-state index in [-0.39, 0.29) is 53.5 Å². The molecule has 236 valence electrons. The number of halogens is 1. The fourth-order valence-electron chi connectivity index (χ4n) is 5.23. The Morgan fingerprint density at radius 1 is 1.09 bits per heavy atom. The van der Waals surface area contributed by atoms with Gasteiger partial charge in [0.25, 0.3) is 15.9 Å². The van der Waals surface area contributed by atoms with Crippen LogP contribution in [0.15, 0.2) is 89.8 Å². The van der Waals surface area contributed by atoms with Crippen LogP contribution in [0, 0.1) is 11.7 Å². The van der Waals surface area contributed by atoms with E-state index in [1.54, 1.807) is 14.0 Å². The van der Waals surface area contributed by atoms with E-state index in [2.05, 4.69) is 10.0 Å². The van der Waals surface area contributed by atoms with E-state index < -0.39 is 33.9 Å². The number of sulfonamides is 1. The third kappa shape index (κ3) is 7.02. The highest BCUT2D eigenvalue weighted by Gasteiger charge is 2.34. The van der Waals surface area contributed by atoms with Crippen molar-refractivity contribution < 1.29 is 32.2 Å². The summed E-state index contributed by atoms with van der Waals surface area (Å²) in [5.74, 6) is -1.06. The van der Waals surface area contributed by atoms with E-state index >= 15 is 0 Å². The molecular formula is C33H35FN4O6S. The molecule has 0 radical (unpaired) electrons. The van der Waals surface area contributed by atoms with Crippen LogP contribution in [0.25, 0.3) is 10.8 Å². The van der Waals surface area contributed by atoms with Crippen molar-refractivity contribution in [1.82, 2.24) is 9.80 Å². The Balaban J connectivity index is 1.40. The standard InChI is InChI=1S/C33H35FN4O6S/c1-21-18-38(22(2)20-39)32(40)28-17-25(36-45(42,43)26-14-11-24(34)12-15-26)13-16-30(28)44-31(21)19-37(3)33(41)35-29-10-6-8-23-7-4-5-9-27(23)29/h4-17,21-22,31,36,39H,18-20H2,1-3H3,(H,35,41)/t21-,22-,31+/m0/s1. The minimum Gasteiger partial charge on any atom is -0.487 e. The third-order valence-electron chi connectivity index (χ3n) is 7.87. The lowest BCUT2D eigenvalue weighted by molar-refractivity contribution is 0.0371. The van der Waals surface area contributed by atoms with Crippen molar-refractivity contribution in [2.75, 3.05) is 36.8 Å². The molecule has 3 amide bonds. The second kappa shape index (κ2) is 13.1. The van der Waals surface area contributed by atoms with E-state index in [9.17, 15) is 27.5 Å². The molecule has 0 saturated carbocycles. The van der Waals surface area contributed by atoms with Gasteiger partial charge in [-0.15, -0.1) is 0 Å². The molecule has 4 aromatic rings. The molecular weight excluding hydrogens is 599 g/mol. The van der Waals surface area contributed by atoms with Gasteiger partial charge >= 0.3 is 6.03 Å². The van der Waals surface area contributed by atoms with Gasteiger partial charge in [0, 0.05) is 30.6 Å². The first-order chi connectivity index (χ1) is 21.5. The fourth-order valence-corrected chi connectivity index (χ4v) is 6.28. The average molecular weight is 635 g/mol. The lowest BCUT2D eigenvalue weighted by atomic mass is 9.99. The van der Waals surface area contributed by atoms with E-state index in [4.69, 9.17) is 4.74 Å². The molecule has 4 aromatic carbocycles. The fraction of sp³-hybridized carbons (Fsp3) is 0.273. The number of anilines is 2. The first kappa shape index (κ1) is 31.7. The van der Waals surface area contributed by atoms with Gasteiger partial charge in [-0.25, -0.2) is 17.6 Å². The number of carbonyl (C=O) groups excluding carboxylic acids is 2. The lowest BCUT2D eigenvalue weighted by Gasteiger charge is -2.38. The van der Waals surface area contributed by atoms with Gasteiger partial charge in [-0.2, -0.15) is 0 Å². The molecule has 12 heteroatoms.